The van der Waals surface area contributed by atoms with E-state index < -0.39 is 4.92 Å². The highest BCUT2D eigenvalue weighted by Crippen LogP contribution is 2.22. The van der Waals surface area contributed by atoms with Crippen LogP contribution in [0, 0.1) is 10.1 Å². The average molecular weight is 434 g/mol. The van der Waals surface area contributed by atoms with Crippen LogP contribution in [0.1, 0.15) is 11.1 Å². The Kier molecular flexibility index (Phi) is 6.63. The second kappa shape index (κ2) is 9.35. The Morgan fingerprint density at radius 3 is 2.38 bits per heavy atom. The molecule has 9 nitrogen and oxygen atoms in total. The third kappa shape index (κ3) is 5.90. The summed E-state index contributed by atoms with van der Waals surface area (Å²) in [5.41, 5.74) is 7.66. The van der Waals surface area contributed by atoms with Gasteiger partial charge < -0.3 is 16.4 Å². The summed E-state index contributed by atoms with van der Waals surface area (Å²) in [6.07, 6.45) is 3.37. The van der Waals surface area contributed by atoms with Crippen LogP contribution in [0.5, 0.6) is 0 Å². The summed E-state index contributed by atoms with van der Waals surface area (Å²) in [4.78, 5) is 22.6. The Balaban J connectivity index is 1.51. The summed E-state index contributed by atoms with van der Waals surface area (Å²) in [6.45, 7) is 1.01. The number of rotatable bonds is 8. The molecule has 2 aromatic heterocycles. The Morgan fingerprint density at radius 1 is 1.03 bits per heavy atom. The minimum atomic E-state index is -0.495. The number of anilines is 3. The molecule has 0 saturated heterocycles. The Bertz CT molecular complexity index is 995. The number of nitrogens with zero attached hydrogens (tertiary/aromatic N) is 4. The van der Waals surface area contributed by atoms with Crippen LogP contribution in [0.15, 0.2) is 42.7 Å². The Morgan fingerprint density at radius 2 is 1.76 bits per heavy atom. The molecular weight excluding hydrogens is 417 g/mol. The minimum Gasteiger partial charge on any atom is -0.383 e. The summed E-state index contributed by atoms with van der Waals surface area (Å²) < 4.78 is 0. The smallest absolute Gasteiger partial charge is 0.287 e. The zero-order valence-corrected chi connectivity index (χ0v) is 16.6. The first-order valence-electron chi connectivity index (χ1n) is 8.55. The lowest BCUT2D eigenvalue weighted by atomic mass is 10.1. The summed E-state index contributed by atoms with van der Waals surface area (Å²) in [7, 11) is 0. The summed E-state index contributed by atoms with van der Waals surface area (Å²) in [5.74, 6) is 1.30. The third-order valence-corrected chi connectivity index (χ3v) is 4.32. The predicted molar refractivity (Wildman–Crippen MR) is 114 cm³/mol. The second-order valence-corrected chi connectivity index (χ2v) is 6.94. The number of nitro groups is 1. The van der Waals surface area contributed by atoms with Crippen LogP contribution in [-0.4, -0.2) is 33.0 Å². The number of hydrogen-bond acceptors (Lipinski definition) is 8. The normalized spacial score (nSPS) is 10.6. The lowest BCUT2D eigenvalue weighted by Gasteiger charge is -2.10. The van der Waals surface area contributed by atoms with E-state index in [1.807, 2.05) is 12.1 Å². The van der Waals surface area contributed by atoms with Gasteiger partial charge in [0.2, 0.25) is 5.95 Å². The zero-order chi connectivity index (χ0) is 20.8. The molecule has 0 spiro atoms. The van der Waals surface area contributed by atoms with Gasteiger partial charge in [-0.25, -0.2) is 9.97 Å². The van der Waals surface area contributed by atoms with Crippen molar-refractivity contribution in [2.45, 2.75) is 6.42 Å². The molecule has 1 aromatic carbocycles. The monoisotopic (exact) mass is 433 g/mol. The topological polar surface area (TPSA) is 132 Å². The molecule has 3 aromatic rings. The second-order valence-electron chi connectivity index (χ2n) is 6.07. The molecule has 29 heavy (non-hydrogen) atoms. The van der Waals surface area contributed by atoms with Crippen molar-refractivity contribution in [3.05, 3.63) is 74.0 Å². The maximum absolute atomic E-state index is 10.6. The van der Waals surface area contributed by atoms with E-state index in [2.05, 4.69) is 25.6 Å². The number of nitrogens with two attached hydrogens (primary N) is 1. The van der Waals surface area contributed by atoms with Crippen molar-refractivity contribution in [3.63, 3.8) is 0 Å². The summed E-state index contributed by atoms with van der Waals surface area (Å²) in [5, 5.41) is 17.8. The first kappa shape index (κ1) is 20.6. The van der Waals surface area contributed by atoms with Gasteiger partial charge in [0.25, 0.3) is 5.69 Å². The van der Waals surface area contributed by atoms with Crippen LogP contribution < -0.4 is 16.4 Å². The quantitative estimate of drug-likeness (QED) is 0.277. The fraction of sp³-hybridized carbons (Fsp3) is 0.167. The maximum Gasteiger partial charge on any atom is 0.287 e. The van der Waals surface area contributed by atoms with Gasteiger partial charge >= 0.3 is 0 Å². The van der Waals surface area contributed by atoms with Crippen molar-refractivity contribution in [3.8, 4) is 0 Å². The summed E-state index contributed by atoms with van der Waals surface area (Å²) in [6, 6.07) is 8.23. The molecule has 0 aliphatic heterocycles. The predicted octanol–water partition coefficient (Wildman–Crippen LogP) is 3.78. The minimum absolute atomic E-state index is 0.0577. The van der Waals surface area contributed by atoms with Gasteiger partial charge in [0.1, 0.15) is 17.8 Å². The molecule has 0 aliphatic rings. The van der Waals surface area contributed by atoms with Crippen molar-refractivity contribution in [2.75, 3.05) is 29.5 Å². The number of pyridine rings is 1. The van der Waals surface area contributed by atoms with Gasteiger partial charge in [0.05, 0.1) is 4.92 Å². The molecule has 3 rings (SSSR count). The van der Waals surface area contributed by atoms with Gasteiger partial charge in [0, 0.05) is 47.4 Å². The van der Waals surface area contributed by atoms with Crippen LogP contribution in [0.4, 0.5) is 23.3 Å². The van der Waals surface area contributed by atoms with Gasteiger partial charge in [-0.3, -0.25) is 10.1 Å². The van der Waals surface area contributed by atoms with Crippen LogP contribution in [0.2, 0.25) is 10.0 Å². The van der Waals surface area contributed by atoms with E-state index in [1.165, 1.54) is 12.3 Å². The fourth-order valence-corrected chi connectivity index (χ4v) is 3.11. The molecule has 4 N–H and O–H groups in total. The molecule has 0 radical (unpaired) electrons. The first-order chi connectivity index (χ1) is 13.9. The Hall–Kier alpha value is -3.17. The molecule has 150 valence electrons. The molecule has 0 unspecified atom stereocenters. The molecule has 0 bridgehead atoms. The third-order valence-electron chi connectivity index (χ3n) is 3.89. The largest absolute Gasteiger partial charge is 0.383 e. The molecule has 11 heteroatoms. The van der Waals surface area contributed by atoms with Crippen molar-refractivity contribution in [1.29, 1.82) is 0 Å². The molecule has 0 aliphatic carbocycles. The van der Waals surface area contributed by atoms with Crippen LogP contribution >= 0.6 is 23.2 Å². The molecular formula is C18H17Cl2N7O2. The van der Waals surface area contributed by atoms with E-state index >= 15 is 0 Å². The molecule has 0 atom stereocenters. The molecule has 2 heterocycles. The van der Waals surface area contributed by atoms with E-state index in [-0.39, 0.29) is 5.69 Å². The van der Waals surface area contributed by atoms with Crippen LogP contribution in [0.3, 0.4) is 0 Å². The highest BCUT2D eigenvalue weighted by atomic mass is 35.5. The number of aromatic nitrogens is 3. The van der Waals surface area contributed by atoms with E-state index in [1.54, 1.807) is 18.3 Å². The Labute approximate surface area is 176 Å². The van der Waals surface area contributed by atoms with Crippen molar-refractivity contribution >= 4 is 46.5 Å². The van der Waals surface area contributed by atoms with Gasteiger partial charge in [0.15, 0.2) is 0 Å². The van der Waals surface area contributed by atoms with Gasteiger partial charge in [-0.05, 0) is 29.8 Å². The summed E-state index contributed by atoms with van der Waals surface area (Å²) >= 11 is 12.0. The van der Waals surface area contributed by atoms with E-state index in [4.69, 9.17) is 28.9 Å². The maximum atomic E-state index is 10.6. The van der Waals surface area contributed by atoms with Crippen LogP contribution in [0.25, 0.3) is 0 Å². The van der Waals surface area contributed by atoms with Gasteiger partial charge in [-0.2, -0.15) is 4.98 Å². The number of benzene rings is 1. The lowest BCUT2D eigenvalue weighted by molar-refractivity contribution is -0.385. The van der Waals surface area contributed by atoms with Crippen molar-refractivity contribution in [2.24, 2.45) is 0 Å². The number of nitrogen functional groups attached to an aromatic ring is 1. The van der Waals surface area contributed by atoms with Gasteiger partial charge in [-0.15, -0.1) is 0 Å². The SMILES string of the molecule is Nc1nc(NCCNc2ccc([N+](=O)[O-])cn2)ncc1Cc1cc(Cl)cc(Cl)c1. The van der Waals surface area contributed by atoms with E-state index in [0.717, 1.165) is 11.1 Å². The van der Waals surface area contributed by atoms with E-state index in [9.17, 15) is 10.1 Å². The number of hydrogen-bond donors (Lipinski definition) is 3. The molecule has 0 amide bonds. The van der Waals surface area contributed by atoms with Crippen LogP contribution in [-0.2, 0) is 6.42 Å². The lowest BCUT2D eigenvalue weighted by Crippen LogP contribution is -2.16. The van der Waals surface area contributed by atoms with Crippen molar-refractivity contribution in [1.82, 2.24) is 15.0 Å². The van der Waals surface area contributed by atoms with Gasteiger partial charge in [-0.1, -0.05) is 23.2 Å². The highest BCUT2D eigenvalue weighted by Gasteiger charge is 2.08. The number of nitrogens with one attached hydrogen (secondary N) is 2. The zero-order valence-electron chi connectivity index (χ0n) is 15.1. The molecule has 0 fully saturated rings. The average Bonchev–Trinajstić information content (AvgIpc) is 2.67. The number of halogens is 2. The van der Waals surface area contributed by atoms with Crippen molar-refractivity contribution < 1.29 is 4.92 Å². The van der Waals surface area contributed by atoms with E-state index in [0.29, 0.717) is 47.1 Å². The molecule has 0 saturated carbocycles. The first-order valence-corrected chi connectivity index (χ1v) is 9.31. The fourth-order valence-electron chi connectivity index (χ4n) is 2.54. The standard InChI is InChI=1S/C18H17Cl2N7O2/c19-13-6-11(7-14(20)8-13)5-12-9-25-18(26-17(12)21)23-4-3-22-16-2-1-15(10-24-16)27(28)29/h1-2,6-10H,3-5H2,(H,22,24)(H3,21,23,25,26). The highest BCUT2D eigenvalue weighted by molar-refractivity contribution is 6.34.